The molecule has 2 N–H and O–H groups in total. The summed E-state index contributed by atoms with van der Waals surface area (Å²) in [5, 5.41) is 7.40. The fourth-order valence-electron chi connectivity index (χ4n) is 3.80. The molecule has 2 unspecified atom stereocenters. The Balaban J connectivity index is 0.00000280. The van der Waals surface area contributed by atoms with E-state index in [1.807, 2.05) is 22.7 Å². The molecule has 8 heteroatoms. The largest absolute Gasteiger partial charge is 0.368 e. The van der Waals surface area contributed by atoms with Crippen LogP contribution in [0, 0.1) is 0 Å². The van der Waals surface area contributed by atoms with Crippen LogP contribution in [0.15, 0.2) is 35.3 Å². The molecule has 1 saturated heterocycles. The lowest BCUT2D eigenvalue weighted by Crippen LogP contribution is -2.52. The topological polar surface area (TPSA) is 60.0 Å². The number of rotatable bonds is 5. The number of hydrogen-bond acceptors (Lipinski definition) is 4. The fraction of sp³-hybridized carbons (Fsp3) is 0.600. The first-order valence-electron chi connectivity index (χ1n) is 9.77. The molecule has 1 aromatic rings. The monoisotopic (exact) mass is 517 g/mol. The predicted octanol–water partition coefficient (Wildman–Crippen LogP) is 2.40. The summed E-state index contributed by atoms with van der Waals surface area (Å²) < 4.78 is 0. The number of nitrogens with zero attached hydrogens (tertiary/aromatic N) is 3. The Bertz CT molecular complexity index is 637. The van der Waals surface area contributed by atoms with E-state index in [2.05, 4.69) is 51.0 Å². The van der Waals surface area contributed by atoms with Crippen molar-refractivity contribution in [2.24, 2.45) is 4.99 Å². The lowest BCUT2D eigenvalue weighted by atomic mass is 10.2. The van der Waals surface area contributed by atoms with Gasteiger partial charge < -0.3 is 20.4 Å². The van der Waals surface area contributed by atoms with Gasteiger partial charge in [-0.25, -0.2) is 0 Å². The SMILES string of the molecule is CN=C(NCC(=O)N1CCN(c2ccccc2)CC1)NC1CCC(SC)C1.I. The minimum Gasteiger partial charge on any atom is -0.368 e. The standard InChI is InChI=1S/C20H31N5OS.HI/c1-21-20(23-16-8-9-18(14-16)27-2)22-15-19(26)25-12-10-24(11-13-25)17-6-4-3-5-7-17;/h3-7,16,18H,8-15H2,1-2H3,(H2,21,22,23);1H. The number of halogens is 1. The molecule has 156 valence electrons. The summed E-state index contributed by atoms with van der Waals surface area (Å²) in [7, 11) is 1.76. The highest BCUT2D eigenvalue weighted by Gasteiger charge is 2.25. The molecule has 6 nitrogen and oxygen atoms in total. The number of benzene rings is 1. The van der Waals surface area contributed by atoms with Crippen molar-refractivity contribution in [1.82, 2.24) is 15.5 Å². The van der Waals surface area contributed by atoms with Gasteiger partial charge in [-0.1, -0.05) is 18.2 Å². The van der Waals surface area contributed by atoms with Crippen molar-refractivity contribution in [2.45, 2.75) is 30.6 Å². The first-order valence-corrected chi connectivity index (χ1v) is 11.1. The van der Waals surface area contributed by atoms with Gasteiger partial charge in [0.2, 0.25) is 5.91 Å². The van der Waals surface area contributed by atoms with Gasteiger partial charge >= 0.3 is 0 Å². The predicted molar refractivity (Wildman–Crippen MR) is 130 cm³/mol. The van der Waals surface area contributed by atoms with Crippen LogP contribution in [0.4, 0.5) is 5.69 Å². The van der Waals surface area contributed by atoms with Gasteiger partial charge in [-0.3, -0.25) is 9.79 Å². The van der Waals surface area contributed by atoms with Crippen LogP contribution in [0.1, 0.15) is 19.3 Å². The second-order valence-corrected chi connectivity index (χ2v) is 8.28. The number of para-hydroxylation sites is 1. The average molecular weight is 517 g/mol. The number of carbonyl (C=O) groups is 1. The van der Waals surface area contributed by atoms with Crippen molar-refractivity contribution in [3.05, 3.63) is 30.3 Å². The third-order valence-corrected chi connectivity index (χ3v) is 6.54. The van der Waals surface area contributed by atoms with Crippen LogP contribution in [0.3, 0.4) is 0 Å². The summed E-state index contributed by atoms with van der Waals surface area (Å²) in [6.45, 7) is 3.57. The number of aliphatic imine (C=N–C) groups is 1. The third-order valence-electron chi connectivity index (χ3n) is 5.44. The zero-order valence-electron chi connectivity index (χ0n) is 16.8. The maximum absolute atomic E-state index is 12.6. The van der Waals surface area contributed by atoms with E-state index < -0.39 is 0 Å². The molecule has 2 atom stereocenters. The summed E-state index contributed by atoms with van der Waals surface area (Å²) in [6, 6.07) is 10.8. The first-order chi connectivity index (χ1) is 13.2. The van der Waals surface area contributed by atoms with Gasteiger partial charge in [-0.2, -0.15) is 11.8 Å². The Kier molecular flexibility index (Phi) is 9.70. The van der Waals surface area contributed by atoms with Crippen LogP contribution < -0.4 is 15.5 Å². The van der Waals surface area contributed by atoms with Crippen LogP contribution in [0.2, 0.25) is 0 Å². The maximum atomic E-state index is 12.6. The van der Waals surface area contributed by atoms with E-state index in [9.17, 15) is 4.79 Å². The van der Waals surface area contributed by atoms with E-state index in [1.165, 1.54) is 18.5 Å². The summed E-state index contributed by atoms with van der Waals surface area (Å²) in [6.07, 6.45) is 5.76. The van der Waals surface area contributed by atoms with Gasteiger partial charge in [-0.15, -0.1) is 24.0 Å². The van der Waals surface area contributed by atoms with Gasteiger partial charge in [0.05, 0.1) is 6.54 Å². The van der Waals surface area contributed by atoms with Crippen LogP contribution >= 0.6 is 35.7 Å². The Morgan fingerprint density at radius 3 is 2.50 bits per heavy atom. The lowest BCUT2D eigenvalue weighted by Gasteiger charge is -2.36. The Labute approximate surface area is 189 Å². The molecule has 2 fully saturated rings. The van der Waals surface area contributed by atoms with Crippen molar-refractivity contribution >= 4 is 53.3 Å². The van der Waals surface area contributed by atoms with E-state index in [4.69, 9.17) is 0 Å². The number of thioether (sulfide) groups is 1. The molecule has 1 saturated carbocycles. The Morgan fingerprint density at radius 1 is 1.18 bits per heavy atom. The molecule has 2 aliphatic rings. The normalized spacial score (nSPS) is 22.6. The molecule has 0 bridgehead atoms. The highest BCUT2D eigenvalue weighted by molar-refractivity contribution is 14.0. The fourth-order valence-corrected chi connectivity index (χ4v) is 4.59. The summed E-state index contributed by atoms with van der Waals surface area (Å²) in [5.41, 5.74) is 1.23. The van der Waals surface area contributed by atoms with E-state index >= 15 is 0 Å². The highest BCUT2D eigenvalue weighted by Crippen LogP contribution is 2.28. The van der Waals surface area contributed by atoms with Gasteiger partial charge in [0.15, 0.2) is 5.96 Å². The molecule has 0 spiro atoms. The molecule has 28 heavy (non-hydrogen) atoms. The summed E-state index contributed by atoms with van der Waals surface area (Å²) >= 11 is 1.94. The highest BCUT2D eigenvalue weighted by atomic mass is 127. The van der Waals surface area contributed by atoms with E-state index in [0.717, 1.165) is 43.8 Å². The number of guanidine groups is 1. The Morgan fingerprint density at radius 2 is 1.89 bits per heavy atom. The number of anilines is 1. The van der Waals surface area contributed by atoms with Crippen molar-refractivity contribution in [3.8, 4) is 0 Å². The molecular weight excluding hydrogens is 485 g/mol. The molecule has 1 aliphatic carbocycles. The second kappa shape index (κ2) is 11.7. The first kappa shape index (κ1) is 23.1. The minimum atomic E-state index is 0. The molecule has 1 aliphatic heterocycles. The van der Waals surface area contributed by atoms with Crippen LogP contribution in [0.5, 0.6) is 0 Å². The van der Waals surface area contributed by atoms with Crippen molar-refractivity contribution in [2.75, 3.05) is 50.9 Å². The summed E-state index contributed by atoms with van der Waals surface area (Å²) in [4.78, 5) is 21.1. The smallest absolute Gasteiger partial charge is 0.242 e. The molecule has 1 heterocycles. The van der Waals surface area contributed by atoms with E-state index in [0.29, 0.717) is 12.6 Å². The number of piperazine rings is 1. The van der Waals surface area contributed by atoms with Crippen molar-refractivity contribution in [3.63, 3.8) is 0 Å². The van der Waals surface area contributed by atoms with Crippen LogP contribution in [-0.2, 0) is 4.79 Å². The zero-order chi connectivity index (χ0) is 19.1. The lowest BCUT2D eigenvalue weighted by molar-refractivity contribution is -0.130. The van der Waals surface area contributed by atoms with Gasteiger partial charge in [0.25, 0.3) is 0 Å². The molecule has 0 radical (unpaired) electrons. The molecule has 1 aromatic carbocycles. The van der Waals surface area contributed by atoms with Gasteiger partial charge in [0.1, 0.15) is 0 Å². The summed E-state index contributed by atoms with van der Waals surface area (Å²) in [5.74, 6) is 0.872. The van der Waals surface area contributed by atoms with Gasteiger partial charge in [-0.05, 0) is 37.7 Å². The molecular formula is C20H32IN5OS. The number of hydrogen-bond donors (Lipinski definition) is 2. The quantitative estimate of drug-likeness (QED) is 0.357. The number of carbonyl (C=O) groups excluding carboxylic acids is 1. The van der Waals surface area contributed by atoms with E-state index in [1.54, 1.807) is 7.05 Å². The second-order valence-electron chi connectivity index (χ2n) is 7.14. The Hall–Kier alpha value is -1.16. The number of amides is 1. The molecule has 3 rings (SSSR count). The average Bonchev–Trinajstić information content (AvgIpc) is 3.19. The van der Waals surface area contributed by atoms with Crippen molar-refractivity contribution < 1.29 is 4.79 Å². The van der Waals surface area contributed by atoms with Crippen LogP contribution in [-0.4, -0.2) is 74.1 Å². The van der Waals surface area contributed by atoms with Crippen molar-refractivity contribution in [1.29, 1.82) is 0 Å². The number of nitrogens with one attached hydrogen (secondary N) is 2. The molecule has 0 aromatic heterocycles. The third kappa shape index (κ3) is 6.43. The van der Waals surface area contributed by atoms with Crippen LogP contribution in [0.25, 0.3) is 0 Å². The van der Waals surface area contributed by atoms with E-state index in [-0.39, 0.29) is 29.9 Å². The maximum Gasteiger partial charge on any atom is 0.242 e. The zero-order valence-corrected chi connectivity index (χ0v) is 19.9. The molecule has 1 amide bonds. The van der Waals surface area contributed by atoms with Gasteiger partial charge in [0, 0.05) is 50.2 Å². The minimum absolute atomic E-state index is 0.